The molecular weight excluding hydrogens is 264 g/mol. The van der Waals surface area contributed by atoms with Gasteiger partial charge in [0.25, 0.3) is 0 Å². The number of benzene rings is 1. The quantitative estimate of drug-likeness (QED) is 0.907. The molecule has 1 aliphatic rings. The van der Waals surface area contributed by atoms with E-state index in [-0.39, 0.29) is 11.8 Å². The van der Waals surface area contributed by atoms with Gasteiger partial charge in [0.1, 0.15) is 5.82 Å². The minimum absolute atomic E-state index is 0.0407. The van der Waals surface area contributed by atoms with Crippen LogP contribution in [0.5, 0.6) is 0 Å². The Kier molecular flexibility index (Phi) is 4.01. The normalized spacial score (nSPS) is 18.4. The van der Waals surface area contributed by atoms with Crippen molar-refractivity contribution in [1.29, 1.82) is 0 Å². The van der Waals surface area contributed by atoms with Gasteiger partial charge in [-0.1, -0.05) is 18.2 Å². The van der Waals surface area contributed by atoms with Crippen molar-refractivity contribution in [1.82, 2.24) is 15.1 Å². The van der Waals surface area contributed by atoms with Gasteiger partial charge in [-0.15, -0.1) is 0 Å². The molecule has 1 amide bonds. The molecule has 1 unspecified atom stereocenters. The van der Waals surface area contributed by atoms with Crippen LogP contribution in [0.4, 0.5) is 5.82 Å². The number of nitrogens with one attached hydrogen (secondary N) is 2. The summed E-state index contributed by atoms with van der Waals surface area (Å²) in [4.78, 5) is 12.3. The second-order valence-corrected chi connectivity index (χ2v) is 5.45. The molecule has 21 heavy (non-hydrogen) atoms. The topological polar surface area (TPSA) is 59.0 Å². The van der Waals surface area contributed by atoms with Crippen molar-refractivity contribution in [3.63, 3.8) is 0 Å². The van der Waals surface area contributed by atoms with Crippen LogP contribution in [0.25, 0.3) is 5.69 Å². The molecule has 110 valence electrons. The van der Waals surface area contributed by atoms with Crippen LogP contribution < -0.4 is 10.6 Å². The Morgan fingerprint density at radius 1 is 1.38 bits per heavy atom. The molecule has 0 saturated carbocycles. The van der Waals surface area contributed by atoms with Crippen LogP contribution in [-0.2, 0) is 4.79 Å². The molecule has 5 nitrogen and oxygen atoms in total. The van der Waals surface area contributed by atoms with Gasteiger partial charge in [-0.25, -0.2) is 4.68 Å². The Balaban J connectivity index is 1.80. The van der Waals surface area contributed by atoms with Gasteiger partial charge in [0.15, 0.2) is 0 Å². The van der Waals surface area contributed by atoms with E-state index in [1.54, 1.807) is 10.9 Å². The molecule has 2 aromatic rings. The number of carbonyl (C=O) groups excluding carboxylic acids is 1. The molecule has 3 rings (SSSR count). The molecule has 0 bridgehead atoms. The lowest BCUT2D eigenvalue weighted by molar-refractivity contribution is -0.120. The third kappa shape index (κ3) is 2.97. The lowest BCUT2D eigenvalue weighted by Crippen LogP contribution is -2.37. The van der Waals surface area contributed by atoms with Gasteiger partial charge in [-0.2, -0.15) is 5.10 Å². The van der Waals surface area contributed by atoms with Gasteiger partial charge in [-0.3, -0.25) is 4.79 Å². The Morgan fingerprint density at radius 2 is 2.24 bits per heavy atom. The first-order valence-corrected chi connectivity index (χ1v) is 7.37. The molecule has 1 atom stereocenters. The van der Waals surface area contributed by atoms with Crippen LogP contribution in [0.2, 0.25) is 0 Å². The van der Waals surface area contributed by atoms with Crippen molar-refractivity contribution in [2.45, 2.75) is 19.8 Å². The number of para-hydroxylation sites is 1. The summed E-state index contributed by atoms with van der Waals surface area (Å²) in [6, 6.07) is 9.84. The van der Waals surface area contributed by atoms with Gasteiger partial charge in [-0.05, 0) is 37.9 Å². The molecule has 1 aliphatic heterocycles. The summed E-state index contributed by atoms with van der Waals surface area (Å²) in [7, 11) is 0. The number of nitrogens with zero attached hydrogens (tertiary/aromatic N) is 2. The fraction of sp³-hybridized carbons (Fsp3) is 0.375. The summed E-state index contributed by atoms with van der Waals surface area (Å²) in [5.74, 6) is 0.830. The van der Waals surface area contributed by atoms with E-state index in [4.69, 9.17) is 0 Å². The molecule has 0 radical (unpaired) electrons. The zero-order chi connectivity index (χ0) is 14.7. The lowest BCUT2D eigenvalue weighted by atomic mass is 9.99. The molecule has 0 aliphatic carbocycles. The van der Waals surface area contributed by atoms with Gasteiger partial charge < -0.3 is 10.6 Å². The Labute approximate surface area is 124 Å². The molecule has 2 N–H and O–H groups in total. The second-order valence-electron chi connectivity index (χ2n) is 5.45. The highest BCUT2D eigenvalue weighted by Gasteiger charge is 2.22. The molecular formula is C16H20N4O. The molecule has 5 heteroatoms. The van der Waals surface area contributed by atoms with Gasteiger partial charge in [0.2, 0.25) is 5.91 Å². The Morgan fingerprint density at radius 3 is 3.00 bits per heavy atom. The Hall–Kier alpha value is -2.14. The van der Waals surface area contributed by atoms with E-state index in [9.17, 15) is 4.79 Å². The van der Waals surface area contributed by atoms with E-state index in [1.165, 1.54) is 0 Å². The minimum atomic E-state index is 0.0407. The standard InChI is InChI=1S/C16H20N4O/c1-12-5-2-3-7-14(12)20-15(8-10-18-20)19-16(21)13-6-4-9-17-11-13/h2-3,5,7-8,10,13,17H,4,6,9,11H2,1H3,(H,19,21). The van der Waals surface area contributed by atoms with Crippen LogP contribution in [0, 0.1) is 12.8 Å². The van der Waals surface area contributed by atoms with Crippen LogP contribution in [-0.4, -0.2) is 28.8 Å². The maximum Gasteiger partial charge on any atom is 0.229 e. The van der Waals surface area contributed by atoms with Crippen molar-refractivity contribution >= 4 is 11.7 Å². The number of hydrogen-bond acceptors (Lipinski definition) is 3. The summed E-state index contributed by atoms with van der Waals surface area (Å²) < 4.78 is 1.78. The smallest absolute Gasteiger partial charge is 0.229 e. The SMILES string of the molecule is Cc1ccccc1-n1nccc1NC(=O)C1CCCNC1. The summed E-state index contributed by atoms with van der Waals surface area (Å²) in [6.45, 7) is 3.79. The van der Waals surface area contributed by atoms with Gasteiger partial charge in [0, 0.05) is 12.6 Å². The molecule has 1 saturated heterocycles. The highest BCUT2D eigenvalue weighted by atomic mass is 16.2. The zero-order valence-electron chi connectivity index (χ0n) is 12.2. The van der Waals surface area contributed by atoms with E-state index in [2.05, 4.69) is 15.7 Å². The van der Waals surface area contributed by atoms with E-state index in [0.717, 1.165) is 43.0 Å². The fourth-order valence-electron chi connectivity index (χ4n) is 2.69. The van der Waals surface area contributed by atoms with Crippen molar-refractivity contribution in [3.05, 3.63) is 42.1 Å². The third-order valence-corrected chi connectivity index (χ3v) is 3.91. The van der Waals surface area contributed by atoms with Gasteiger partial charge >= 0.3 is 0 Å². The lowest BCUT2D eigenvalue weighted by Gasteiger charge is -2.22. The summed E-state index contributed by atoms with van der Waals surface area (Å²) in [6.07, 6.45) is 3.70. The van der Waals surface area contributed by atoms with Crippen LogP contribution in [0.15, 0.2) is 36.5 Å². The zero-order valence-corrected chi connectivity index (χ0v) is 12.2. The van der Waals surface area contributed by atoms with E-state index >= 15 is 0 Å². The maximum absolute atomic E-state index is 12.3. The summed E-state index contributed by atoms with van der Waals surface area (Å²) >= 11 is 0. The number of anilines is 1. The largest absolute Gasteiger partial charge is 0.316 e. The second kappa shape index (κ2) is 6.10. The number of carbonyl (C=O) groups is 1. The first-order chi connectivity index (χ1) is 10.3. The molecule has 2 heterocycles. The first-order valence-electron chi connectivity index (χ1n) is 7.37. The first kappa shape index (κ1) is 13.8. The van der Waals surface area contributed by atoms with Crippen molar-refractivity contribution < 1.29 is 4.79 Å². The summed E-state index contributed by atoms with van der Waals surface area (Å²) in [5.41, 5.74) is 2.11. The summed E-state index contributed by atoms with van der Waals surface area (Å²) in [5, 5.41) is 10.6. The molecule has 1 aromatic heterocycles. The Bertz CT molecular complexity index is 629. The van der Waals surface area contributed by atoms with Crippen LogP contribution in [0.1, 0.15) is 18.4 Å². The third-order valence-electron chi connectivity index (χ3n) is 3.91. The predicted octanol–water partition coefficient (Wildman–Crippen LogP) is 2.12. The average molecular weight is 284 g/mol. The fourth-order valence-corrected chi connectivity index (χ4v) is 2.69. The van der Waals surface area contributed by atoms with Crippen molar-refractivity contribution in [2.24, 2.45) is 5.92 Å². The van der Waals surface area contributed by atoms with Crippen molar-refractivity contribution in [3.8, 4) is 5.69 Å². The number of aryl methyl sites for hydroxylation is 1. The molecule has 1 fully saturated rings. The molecule has 0 spiro atoms. The number of piperidine rings is 1. The van der Waals surface area contributed by atoms with E-state index in [0.29, 0.717) is 0 Å². The van der Waals surface area contributed by atoms with Crippen molar-refractivity contribution in [2.75, 3.05) is 18.4 Å². The number of hydrogen-bond donors (Lipinski definition) is 2. The predicted molar refractivity (Wildman–Crippen MR) is 82.5 cm³/mol. The number of rotatable bonds is 3. The average Bonchev–Trinajstić information content (AvgIpc) is 2.96. The number of amides is 1. The van der Waals surface area contributed by atoms with Crippen LogP contribution >= 0.6 is 0 Å². The van der Waals surface area contributed by atoms with Crippen LogP contribution in [0.3, 0.4) is 0 Å². The number of aromatic nitrogens is 2. The highest BCUT2D eigenvalue weighted by molar-refractivity contribution is 5.92. The molecule has 1 aromatic carbocycles. The minimum Gasteiger partial charge on any atom is -0.316 e. The van der Waals surface area contributed by atoms with Gasteiger partial charge in [0.05, 0.1) is 17.8 Å². The monoisotopic (exact) mass is 284 g/mol. The van der Waals surface area contributed by atoms with E-state index < -0.39 is 0 Å². The highest BCUT2D eigenvalue weighted by Crippen LogP contribution is 2.19. The maximum atomic E-state index is 12.3. The van der Waals surface area contributed by atoms with E-state index in [1.807, 2.05) is 37.3 Å².